The van der Waals surface area contributed by atoms with Crippen LogP contribution in [0.3, 0.4) is 0 Å². The van der Waals surface area contributed by atoms with Crippen molar-refractivity contribution in [1.29, 1.82) is 0 Å². The van der Waals surface area contributed by atoms with E-state index in [-0.39, 0.29) is 18.2 Å². The fourth-order valence-corrected chi connectivity index (χ4v) is 6.15. The number of piperidine rings is 1. The second-order valence-electron chi connectivity index (χ2n) is 10.3. The Hall–Kier alpha value is -1.74. The predicted molar refractivity (Wildman–Crippen MR) is 144 cm³/mol. The molecular formula is C27H43N5O2S. The fraction of sp³-hybridized carbons (Fsp3) is 0.704. The summed E-state index contributed by atoms with van der Waals surface area (Å²) in [5.41, 5.74) is 7.41. The quantitative estimate of drug-likeness (QED) is 0.410. The van der Waals surface area contributed by atoms with E-state index in [1.165, 1.54) is 49.4 Å². The molecule has 2 fully saturated rings. The third-order valence-electron chi connectivity index (χ3n) is 7.67. The van der Waals surface area contributed by atoms with Gasteiger partial charge in [-0.3, -0.25) is 0 Å². The number of hydrogen-bond donors (Lipinski definition) is 2. The lowest BCUT2D eigenvalue weighted by molar-refractivity contribution is -0.0461. The molecule has 2 heterocycles. The Morgan fingerprint density at radius 1 is 1.11 bits per heavy atom. The molecule has 2 aromatic rings. The molecule has 3 unspecified atom stereocenters. The lowest BCUT2D eigenvalue weighted by atomic mass is 9.85. The van der Waals surface area contributed by atoms with E-state index < -0.39 is 0 Å². The second kappa shape index (κ2) is 13.5. The van der Waals surface area contributed by atoms with Crippen LogP contribution in [0.1, 0.15) is 70.0 Å². The van der Waals surface area contributed by atoms with Gasteiger partial charge in [0.15, 0.2) is 11.6 Å². The van der Waals surface area contributed by atoms with Crippen molar-refractivity contribution in [2.75, 3.05) is 43.6 Å². The minimum Gasteiger partial charge on any atom is -0.379 e. The van der Waals surface area contributed by atoms with Gasteiger partial charge in [-0.05, 0) is 37.7 Å². The van der Waals surface area contributed by atoms with E-state index in [0.29, 0.717) is 19.1 Å². The normalized spacial score (nSPS) is 22.0. The SMILES string of the molecule is COC(C)COC(c1ccccc1)C1CCCN(c2nsnc2N[C@H](CN)CC2CCCCC2)C1. The topological polar surface area (TPSA) is 85.5 Å². The van der Waals surface area contributed by atoms with Gasteiger partial charge in [-0.15, -0.1) is 0 Å². The summed E-state index contributed by atoms with van der Waals surface area (Å²) >= 11 is 1.29. The maximum Gasteiger partial charge on any atom is 0.186 e. The maximum atomic E-state index is 6.47. The molecule has 2 aliphatic rings. The molecule has 0 spiro atoms. The van der Waals surface area contributed by atoms with Crippen LogP contribution >= 0.6 is 11.7 Å². The molecule has 35 heavy (non-hydrogen) atoms. The lowest BCUT2D eigenvalue weighted by Crippen LogP contribution is -2.40. The zero-order valence-corrected chi connectivity index (χ0v) is 22.2. The van der Waals surface area contributed by atoms with Gasteiger partial charge in [0.05, 0.1) is 30.5 Å². The Morgan fingerprint density at radius 3 is 2.66 bits per heavy atom. The minimum absolute atomic E-state index is 0.0303. The Morgan fingerprint density at radius 2 is 1.91 bits per heavy atom. The van der Waals surface area contributed by atoms with Crippen molar-refractivity contribution in [2.45, 2.75) is 76.5 Å². The van der Waals surface area contributed by atoms with E-state index in [2.05, 4.69) is 51.8 Å². The Kier molecular flexibility index (Phi) is 10.2. The van der Waals surface area contributed by atoms with Crippen molar-refractivity contribution >= 4 is 23.4 Å². The van der Waals surface area contributed by atoms with Crippen LogP contribution in [0.4, 0.5) is 11.6 Å². The van der Waals surface area contributed by atoms with Gasteiger partial charge in [0.1, 0.15) is 0 Å². The van der Waals surface area contributed by atoms with Gasteiger partial charge in [0, 0.05) is 38.7 Å². The summed E-state index contributed by atoms with van der Waals surface area (Å²) in [5, 5.41) is 3.67. The molecule has 0 radical (unpaired) electrons. The summed E-state index contributed by atoms with van der Waals surface area (Å²) in [6.07, 6.45) is 10.2. The number of nitrogens with one attached hydrogen (secondary N) is 1. The Labute approximate surface area is 215 Å². The van der Waals surface area contributed by atoms with Crippen molar-refractivity contribution in [2.24, 2.45) is 17.6 Å². The number of ether oxygens (including phenoxy) is 2. The summed E-state index contributed by atoms with van der Waals surface area (Å²) in [6, 6.07) is 10.9. The van der Waals surface area contributed by atoms with Crippen LogP contribution in [0.2, 0.25) is 0 Å². The molecule has 0 amide bonds. The Balaban J connectivity index is 1.43. The highest BCUT2D eigenvalue weighted by molar-refractivity contribution is 6.99. The van der Waals surface area contributed by atoms with Crippen LogP contribution < -0.4 is 16.0 Å². The third-order valence-corrected chi connectivity index (χ3v) is 8.18. The second-order valence-corrected chi connectivity index (χ2v) is 10.8. The maximum absolute atomic E-state index is 6.47. The molecule has 194 valence electrons. The summed E-state index contributed by atoms with van der Waals surface area (Å²) in [6.45, 7) is 5.14. The van der Waals surface area contributed by atoms with Gasteiger partial charge in [0.25, 0.3) is 0 Å². The van der Waals surface area contributed by atoms with E-state index >= 15 is 0 Å². The highest BCUT2D eigenvalue weighted by atomic mass is 32.1. The van der Waals surface area contributed by atoms with Gasteiger partial charge in [-0.25, -0.2) is 0 Å². The van der Waals surface area contributed by atoms with E-state index in [9.17, 15) is 0 Å². The molecule has 1 aliphatic carbocycles. The first-order valence-corrected chi connectivity index (χ1v) is 14.1. The predicted octanol–water partition coefficient (Wildman–Crippen LogP) is 5.26. The number of aromatic nitrogens is 2. The molecular weight excluding hydrogens is 458 g/mol. The number of methoxy groups -OCH3 is 1. The number of nitrogens with zero attached hydrogens (tertiary/aromatic N) is 3. The van der Waals surface area contributed by atoms with Crippen molar-refractivity contribution in [3.05, 3.63) is 35.9 Å². The average Bonchev–Trinajstić information content (AvgIpc) is 3.38. The van der Waals surface area contributed by atoms with E-state index in [1.54, 1.807) is 7.11 Å². The van der Waals surface area contributed by atoms with Crippen LogP contribution in [-0.2, 0) is 9.47 Å². The molecule has 1 saturated heterocycles. The van der Waals surface area contributed by atoms with Gasteiger partial charge >= 0.3 is 0 Å². The van der Waals surface area contributed by atoms with E-state index in [4.69, 9.17) is 19.6 Å². The molecule has 1 aromatic heterocycles. The van der Waals surface area contributed by atoms with Crippen molar-refractivity contribution < 1.29 is 9.47 Å². The number of rotatable bonds is 12. The van der Waals surface area contributed by atoms with Crippen LogP contribution in [0.15, 0.2) is 30.3 Å². The standard InChI is InChI=1S/C27H43N5O2S/c1-20(33-2)19-34-25(22-12-7-4-8-13-22)23-14-9-15-32(18-23)27-26(30-35-31-27)29-24(17-28)16-21-10-5-3-6-11-21/h4,7-8,12-13,20-21,23-25H,3,5-6,9-11,14-19,28H2,1-2H3,(H,29,30)/t20?,23?,24-,25?/m0/s1. The summed E-state index contributed by atoms with van der Waals surface area (Å²) in [4.78, 5) is 2.40. The van der Waals surface area contributed by atoms with E-state index in [0.717, 1.165) is 49.9 Å². The molecule has 3 N–H and O–H groups in total. The zero-order chi connectivity index (χ0) is 24.5. The van der Waals surface area contributed by atoms with Gasteiger partial charge in [0.2, 0.25) is 0 Å². The van der Waals surface area contributed by atoms with Crippen molar-refractivity contribution in [3.63, 3.8) is 0 Å². The lowest BCUT2D eigenvalue weighted by Gasteiger charge is -2.38. The summed E-state index contributed by atoms with van der Waals surface area (Å²) < 4.78 is 21.3. The molecule has 4 rings (SSSR count). The van der Waals surface area contributed by atoms with Crippen LogP contribution in [0, 0.1) is 11.8 Å². The smallest absolute Gasteiger partial charge is 0.186 e. The first-order valence-electron chi connectivity index (χ1n) is 13.4. The summed E-state index contributed by atoms with van der Waals surface area (Å²) in [7, 11) is 1.74. The Bertz CT molecular complexity index is 860. The number of nitrogens with two attached hydrogens (primary N) is 1. The molecule has 0 bridgehead atoms. The highest BCUT2D eigenvalue weighted by Crippen LogP contribution is 2.36. The molecule has 8 heteroatoms. The van der Waals surface area contributed by atoms with E-state index in [1.807, 2.05) is 0 Å². The van der Waals surface area contributed by atoms with Crippen molar-refractivity contribution in [3.8, 4) is 0 Å². The third kappa shape index (κ3) is 7.38. The number of benzene rings is 1. The van der Waals surface area contributed by atoms with Crippen LogP contribution in [0.5, 0.6) is 0 Å². The monoisotopic (exact) mass is 501 g/mol. The van der Waals surface area contributed by atoms with Crippen LogP contribution in [0.25, 0.3) is 0 Å². The molecule has 1 saturated carbocycles. The number of hydrogen-bond acceptors (Lipinski definition) is 8. The first-order chi connectivity index (χ1) is 17.2. The van der Waals surface area contributed by atoms with Gasteiger partial charge in [-0.2, -0.15) is 8.75 Å². The molecule has 4 atom stereocenters. The van der Waals surface area contributed by atoms with Crippen LogP contribution in [-0.4, -0.2) is 54.2 Å². The molecule has 1 aliphatic heterocycles. The van der Waals surface area contributed by atoms with Gasteiger partial charge in [-0.1, -0.05) is 62.4 Å². The number of anilines is 2. The highest BCUT2D eigenvalue weighted by Gasteiger charge is 2.32. The minimum atomic E-state index is 0.0303. The fourth-order valence-electron chi connectivity index (χ4n) is 5.62. The first kappa shape index (κ1) is 26.3. The zero-order valence-electron chi connectivity index (χ0n) is 21.4. The summed E-state index contributed by atoms with van der Waals surface area (Å²) in [5.74, 6) is 3.01. The largest absolute Gasteiger partial charge is 0.379 e. The average molecular weight is 502 g/mol. The van der Waals surface area contributed by atoms with Gasteiger partial charge < -0.3 is 25.4 Å². The molecule has 7 nitrogen and oxygen atoms in total. The molecule has 1 aromatic carbocycles. The van der Waals surface area contributed by atoms with Crippen molar-refractivity contribution in [1.82, 2.24) is 8.75 Å².